The monoisotopic (exact) mass is 247 g/mol. The second-order valence-electron chi connectivity index (χ2n) is 5.04. The van der Waals surface area contributed by atoms with Gasteiger partial charge in [0.1, 0.15) is 5.76 Å². The van der Waals surface area contributed by atoms with Gasteiger partial charge in [-0.05, 0) is 38.5 Å². The van der Waals surface area contributed by atoms with Crippen LogP contribution in [-0.2, 0) is 9.53 Å². The Bertz CT molecular complexity index is 471. The maximum Gasteiger partial charge on any atom is 0.315 e. The second-order valence-corrected chi connectivity index (χ2v) is 5.04. The van der Waals surface area contributed by atoms with Gasteiger partial charge in [-0.1, -0.05) is 25.5 Å². The summed E-state index contributed by atoms with van der Waals surface area (Å²) in [5, 5.41) is 3.50. The van der Waals surface area contributed by atoms with Gasteiger partial charge in [0.2, 0.25) is 0 Å². The van der Waals surface area contributed by atoms with Gasteiger partial charge in [0, 0.05) is 5.57 Å². The third-order valence-electron chi connectivity index (χ3n) is 3.85. The van der Waals surface area contributed by atoms with Crippen LogP contribution in [0.3, 0.4) is 0 Å². The summed E-state index contributed by atoms with van der Waals surface area (Å²) in [5.41, 5.74) is 3.28. The molecule has 0 saturated heterocycles. The molecule has 1 heterocycles. The second kappa shape index (κ2) is 4.73. The molecule has 0 fully saturated rings. The predicted octanol–water partition coefficient (Wildman–Crippen LogP) is 2.85. The fourth-order valence-electron chi connectivity index (χ4n) is 2.73. The van der Waals surface area contributed by atoms with Gasteiger partial charge in [-0.25, -0.2) is 0 Å². The lowest BCUT2D eigenvalue weighted by Crippen LogP contribution is -2.46. The standard InChI is InChI=1S/C15H21NO2/c1-5-15(16-6-2)9-13-12(8-11(15)4)10(3)7-14(17)18-13/h8-9,16H,5-7H2,1-4H3. The summed E-state index contributed by atoms with van der Waals surface area (Å²) in [6, 6.07) is 0. The Morgan fingerprint density at radius 1 is 1.39 bits per heavy atom. The highest BCUT2D eigenvalue weighted by molar-refractivity contribution is 5.78. The average molecular weight is 247 g/mol. The van der Waals surface area contributed by atoms with E-state index in [1.165, 1.54) is 5.57 Å². The van der Waals surface area contributed by atoms with Crippen LogP contribution in [0.1, 0.15) is 40.5 Å². The zero-order valence-electron chi connectivity index (χ0n) is 11.6. The molecule has 1 N–H and O–H groups in total. The number of nitrogens with one attached hydrogen (secondary N) is 1. The Hall–Kier alpha value is -1.35. The van der Waals surface area contributed by atoms with Gasteiger partial charge in [0.05, 0.1) is 12.0 Å². The van der Waals surface area contributed by atoms with Crippen molar-refractivity contribution < 1.29 is 9.53 Å². The maximum absolute atomic E-state index is 11.5. The molecule has 2 aliphatic rings. The van der Waals surface area contributed by atoms with Crippen molar-refractivity contribution in [2.45, 2.75) is 46.1 Å². The number of allylic oxidation sites excluding steroid dienone is 1. The molecule has 1 aliphatic heterocycles. The van der Waals surface area contributed by atoms with Crippen molar-refractivity contribution in [1.82, 2.24) is 5.32 Å². The van der Waals surface area contributed by atoms with Crippen molar-refractivity contribution in [2.24, 2.45) is 0 Å². The molecule has 0 aromatic rings. The number of carbonyl (C=O) groups is 1. The minimum atomic E-state index is -0.175. The molecular formula is C15H21NO2. The lowest BCUT2D eigenvalue weighted by molar-refractivity contribution is -0.139. The summed E-state index contributed by atoms with van der Waals surface area (Å²) < 4.78 is 5.39. The number of rotatable bonds is 3. The van der Waals surface area contributed by atoms with Crippen molar-refractivity contribution in [3.05, 3.63) is 34.6 Å². The topological polar surface area (TPSA) is 38.3 Å². The van der Waals surface area contributed by atoms with Crippen molar-refractivity contribution in [1.29, 1.82) is 0 Å². The summed E-state index contributed by atoms with van der Waals surface area (Å²) in [6.07, 6.45) is 5.57. The van der Waals surface area contributed by atoms with E-state index in [1.54, 1.807) is 0 Å². The Morgan fingerprint density at radius 3 is 2.72 bits per heavy atom. The van der Waals surface area contributed by atoms with Crippen molar-refractivity contribution in [3.63, 3.8) is 0 Å². The van der Waals surface area contributed by atoms with E-state index >= 15 is 0 Å². The number of ether oxygens (including phenoxy) is 1. The first kappa shape index (κ1) is 13.1. The van der Waals surface area contributed by atoms with Gasteiger partial charge in [0.15, 0.2) is 0 Å². The van der Waals surface area contributed by atoms with Crippen molar-refractivity contribution >= 4 is 5.97 Å². The molecular weight excluding hydrogens is 226 g/mol. The molecule has 0 aromatic heterocycles. The van der Waals surface area contributed by atoms with E-state index in [2.05, 4.69) is 38.2 Å². The number of esters is 1. The van der Waals surface area contributed by atoms with E-state index in [0.29, 0.717) is 6.42 Å². The zero-order valence-corrected chi connectivity index (χ0v) is 11.6. The molecule has 0 amide bonds. The molecule has 18 heavy (non-hydrogen) atoms. The van der Waals surface area contributed by atoms with E-state index in [0.717, 1.165) is 29.9 Å². The van der Waals surface area contributed by atoms with Gasteiger partial charge in [0.25, 0.3) is 0 Å². The molecule has 1 unspecified atom stereocenters. The SMILES string of the molecule is CCNC1(CC)C=C2OC(=O)CC(C)=C2C=C1C. The zero-order chi connectivity index (χ0) is 13.3. The third-order valence-corrected chi connectivity index (χ3v) is 3.85. The first-order chi connectivity index (χ1) is 8.52. The van der Waals surface area contributed by atoms with Gasteiger partial charge < -0.3 is 10.1 Å². The van der Waals surface area contributed by atoms with Crippen LogP contribution in [0.15, 0.2) is 34.6 Å². The molecule has 98 valence electrons. The number of hydrogen-bond donors (Lipinski definition) is 1. The number of carbonyl (C=O) groups excluding carboxylic acids is 1. The first-order valence-electron chi connectivity index (χ1n) is 6.60. The van der Waals surface area contributed by atoms with E-state index in [1.807, 2.05) is 6.92 Å². The number of hydrogen-bond acceptors (Lipinski definition) is 3. The van der Waals surface area contributed by atoms with Crippen molar-refractivity contribution in [3.8, 4) is 0 Å². The van der Waals surface area contributed by atoms with Crippen LogP contribution in [0.2, 0.25) is 0 Å². The highest BCUT2D eigenvalue weighted by Gasteiger charge is 2.34. The Labute approximate surface area is 109 Å². The van der Waals surface area contributed by atoms with Gasteiger partial charge in [-0.3, -0.25) is 4.79 Å². The van der Waals surface area contributed by atoms with Gasteiger partial charge >= 0.3 is 5.97 Å². The molecule has 3 nitrogen and oxygen atoms in total. The van der Waals surface area contributed by atoms with Gasteiger partial charge in [-0.15, -0.1) is 0 Å². The largest absolute Gasteiger partial charge is 0.426 e. The Balaban J connectivity index is 2.49. The van der Waals surface area contributed by atoms with Crippen LogP contribution >= 0.6 is 0 Å². The predicted molar refractivity (Wildman–Crippen MR) is 71.9 cm³/mol. The van der Waals surface area contributed by atoms with E-state index in [4.69, 9.17) is 4.74 Å². The van der Waals surface area contributed by atoms with E-state index in [-0.39, 0.29) is 11.5 Å². The lowest BCUT2D eigenvalue weighted by atomic mass is 9.80. The molecule has 1 aliphatic carbocycles. The van der Waals surface area contributed by atoms with Crippen LogP contribution in [0.4, 0.5) is 0 Å². The fourth-order valence-corrected chi connectivity index (χ4v) is 2.73. The number of likely N-dealkylation sites (N-methyl/N-ethyl adjacent to an activating group) is 1. The molecule has 0 radical (unpaired) electrons. The quantitative estimate of drug-likeness (QED) is 0.779. The van der Waals surface area contributed by atoms with Gasteiger partial charge in [-0.2, -0.15) is 0 Å². The third kappa shape index (κ3) is 2.03. The minimum absolute atomic E-state index is 0.156. The molecule has 0 bridgehead atoms. The summed E-state index contributed by atoms with van der Waals surface area (Å²) in [6.45, 7) is 9.25. The van der Waals surface area contributed by atoms with E-state index in [9.17, 15) is 4.79 Å². The highest BCUT2D eigenvalue weighted by Crippen LogP contribution is 2.37. The number of fused-ring (bicyclic) bond motifs is 1. The minimum Gasteiger partial charge on any atom is -0.426 e. The average Bonchev–Trinajstić information content (AvgIpc) is 2.31. The van der Waals surface area contributed by atoms with Crippen LogP contribution in [-0.4, -0.2) is 18.1 Å². The maximum atomic E-state index is 11.5. The van der Waals surface area contributed by atoms with Crippen LogP contribution in [0.25, 0.3) is 0 Å². The Morgan fingerprint density at radius 2 is 2.11 bits per heavy atom. The van der Waals surface area contributed by atoms with E-state index < -0.39 is 0 Å². The summed E-state index contributed by atoms with van der Waals surface area (Å²) in [4.78, 5) is 11.5. The highest BCUT2D eigenvalue weighted by atomic mass is 16.5. The van der Waals surface area contributed by atoms with Crippen LogP contribution < -0.4 is 5.32 Å². The molecule has 0 aromatic carbocycles. The summed E-state index contributed by atoms with van der Waals surface area (Å²) in [7, 11) is 0. The smallest absolute Gasteiger partial charge is 0.315 e. The molecule has 1 atom stereocenters. The molecule has 0 spiro atoms. The summed E-state index contributed by atoms with van der Waals surface area (Å²) in [5.74, 6) is 0.564. The van der Waals surface area contributed by atoms with Crippen molar-refractivity contribution in [2.75, 3.05) is 6.54 Å². The molecule has 3 heteroatoms. The Kier molecular flexibility index (Phi) is 3.44. The first-order valence-corrected chi connectivity index (χ1v) is 6.60. The lowest BCUT2D eigenvalue weighted by Gasteiger charge is -2.37. The van der Waals surface area contributed by atoms with Crippen LogP contribution in [0.5, 0.6) is 0 Å². The van der Waals surface area contributed by atoms with Crippen LogP contribution in [0, 0.1) is 0 Å². The summed E-state index contributed by atoms with van der Waals surface area (Å²) >= 11 is 0. The fraction of sp³-hybridized carbons (Fsp3) is 0.533. The molecule has 0 saturated carbocycles. The normalized spacial score (nSPS) is 27.4. The molecule has 2 rings (SSSR count).